The molecule has 1 aromatic rings. The summed E-state index contributed by atoms with van der Waals surface area (Å²) in [5.74, 6) is 2.56. The number of likely N-dealkylation sites (tertiary alicyclic amines) is 1. The number of benzene rings is 1. The summed E-state index contributed by atoms with van der Waals surface area (Å²) < 4.78 is 5.10. The monoisotopic (exact) mass is 349 g/mol. The van der Waals surface area contributed by atoms with Gasteiger partial charge in [0, 0.05) is 36.3 Å². The summed E-state index contributed by atoms with van der Waals surface area (Å²) in [5, 5.41) is 6.28. The average Bonchev–Trinajstić information content (AvgIpc) is 3.16. The van der Waals surface area contributed by atoms with Crippen LogP contribution in [0, 0.1) is 0 Å². The van der Waals surface area contributed by atoms with Gasteiger partial charge in [-0.25, -0.2) is 0 Å². The molecule has 2 heterocycles. The average molecular weight is 349 g/mol. The molecular weight excluding hydrogens is 326 g/mol. The summed E-state index contributed by atoms with van der Waals surface area (Å²) in [6.45, 7) is 1.41. The van der Waals surface area contributed by atoms with Gasteiger partial charge in [0.2, 0.25) is 5.91 Å². The zero-order valence-electron chi connectivity index (χ0n) is 13.8. The summed E-state index contributed by atoms with van der Waals surface area (Å²) in [5.41, 5.74) is 0.626. The highest BCUT2D eigenvalue weighted by Gasteiger charge is 2.30. The Hall–Kier alpha value is -1.73. The topological polar surface area (TPSA) is 70.7 Å². The van der Waals surface area contributed by atoms with Crippen molar-refractivity contribution in [3.05, 3.63) is 29.8 Å². The molecule has 0 bridgehead atoms. The van der Waals surface area contributed by atoms with Crippen molar-refractivity contribution in [1.82, 2.24) is 15.5 Å². The molecule has 6 nitrogen and oxygen atoms in total. The molecule has 2 N–H and O–H groups in total. The fourth-order valence-corrected chi connectivity index (χ4v) is 3.96. The minimum atomic E-state index is -0.0729. The van der Waals surface area contributed by atoms with Crippen LogP contribution in [0.3, 0.4) is 0 Å². The van der Waals surface area contributed by atoms with Gasteiger partial charge in [0.05, 0.1) is 13.2 Å². The summed E-state index contributed by atoms with van der Waals surface area (Å²) in [6, 6.07) is 7.16. The van der Waals surface area contributed by atoms with Crippen LogP contribution in [0.15, 0.2) is 24.3 Å². The minimum Gasteiger partial charge on any atom is -0.497 e. The molecular formula is C17H23N3O3S. The Morgan fingerprint density at radius 2 is 1.96 bits per heavy atom. The second-order valence-corrected chi connectivity index (χ2v) is 7.10. The van der Waals surface area contributed by atoms with E-state index in [1.807, 2.05) is 4.90 Å². The first-order valence-corrected chi connectivity index (χ1v) is 9.37. The number of amides is 2. The molecule has 0 aromatic heterocycles. The third-order valence-corrected chi connectivity index (χ3v) is 5.45. The van der Waals surface area contributed by atoms with Gasteiger partial charge in [-0.15, -0.1) is 11.8 Å². The predicted octanol–water partition coefficient (Wildman–Crippen LogP) is 1.08. The van der Waals surface area contributed by atoms with Crippen LogP contribution >= 0.6 is 11.8 Å². The van der Waals surface area contributed by atoms with Gasteiger partial charge in [-0.1, -0.05) is 0 Å². The van der Waals surface area contributed by atoms with E-state index in [0.717, 1.165) is 30.2 Å². The number of carbonyl (C=O) groups is 2. The maximum absolute atomic E-state index is 12.4. The first-order chi connectivity index (χ1) is 11.7. The van der Waals surface area contributed by atoms with E-state index < -0.39 is 0 Å². The van der Waals surface area contributed by atoms with Gasteiger partial charge in [0.15, 0.2) is 0 Å². The van der Waals surface area contributed by atoms with E-state index in [9.17, 15) is 9.59 Å². The van der Waals surface area contributed by atoms with Gasteiger partial charge in [0.1, 0.15) is 5.75 Å². The fraction of sp³-hybridized carbons (Fsp3) is 0.529. The van der Waals surface area contributed by atoms with Crippen LogP contribution in [0.4, 0.5) is 0 Å². The van der Waals surface area contributed by atoms with Crippen LogP contribution in [0.1, 0.15) is 23.2 Å². The van der Waals surface area contributed by atoms with E-state index >= 15 is 0 Å². The zero-order valence-corrected chi connectivity index (χ0v) is 14.6. The quantitative estimate of drug-likeness (QED) is 0.851. The smallest absolute Gasteiger partial charge is 0.251 e. The molecule has 0 radical (unpaired) electrons. The molecule has 1 aromatic carbocycles. The SMILES string of the molecule is COc1ccc(C(=O)NC2CCN(C(=O)C3CSCN3)CC2)cc1. The van der Waals surface area contributed by atoms with Crippen LogP contribution in [0.2, 0.25) is 0 Å². The number of nitrogens with one attached hydrogen (secondary N) is 2. The number of methoxy groups -OCH3 is 1. The van der Waals surface area contributed by atoms with E-state index in [4.69, 9.17) is 4.74 Å². The number of nitrogens with zero attached hydrogens (tertiary/aromatic N) is 1. The molecule has 2 saturated heterocycles. The first kappa shape index (κ1) is 17.1. The lowest BCUT2D eigenvalue weighted by atomic mass is 10.0. The van der Waals surface area contributed by atoms with Gasteiger partial charge < -0.3 is 15.0 Å². The largest absolute Gasteiger partial charge is 0.497 e. The van der Waals surface area contributed by atoms with Gasteiger partial charge in [-0.2, -0.15) is 0 Å². The number of carbonyl (C=O) groups excluding carboxylic acids is 2. The first-order valence-electron chi connectivity index (χ1n) is 8.22. The molecule has 7 heteroatoms. The summed E-state index contributed by atoms with van der Waals surface area (Å²) in [7, 11) is 1.60. The summed E-state index contributed by atoms with van der Waals surface area (Å²) in [6.07, 6.45) is 1.60. The number of thioether (sulfide) groups is 1. The summed E-state index contributed by atoms with van der Waals surface area (Å²) in [4.78, 5) is 26.6. The third-order valence-electron chi connectivity index (χ3n) is 4.51. The Balaban J connectivity index is 1.47. The normalized spacial score (nSPS) is 21.5. The van der Waals surface area contributed by atoms with Crippen molar-refractivity contribution in [2.75, 3.05) is 31.8 Å². The van der Waals surface area contributed by atoms with Crippen LogP contribution in [0.25, 0.3) is 0 Å². The van der Waals surface area contributed by atoms with Crippen molar-refractivity contribution in [2.24, 2.45) is 0 Å². The molecule has 2 fully saturated rings. The molecule has 0 saturated carbocycles. The van der Waals surface area contributed by atoms with Crippen molar-refractivity contribution >= 4 is 23.6 Å². The Kier molecular flexibility index (Phi) is 5.63. The molecule has 2 amide bonds. The van der Waals surface area contributed by atoms with Crippen molar-refractivity contribution in [3.63, 3.8) is 0 Å². The Morgan fingerprint density at radius 3 is 2.54 bits per heavy atom. The minimum absolute atomic E-state index is 0.0413. The maximum atomic E-state index is 12.4. The van der Waals surface area contributed by atoms with Gasteiger partial charge >= 0.3 is 0 Å². The lowest BCUT2D eigenvalue weighted by molar-refractivity contribution is -0.133. The van der Waals surface area contributed by atoms with Gasteiger partial charge in [-0.3, -0.25) is 14.9 Å². The lowest BCUT2D eigenvalue weighted by Crippen LogP contribution is -2.51. The van der Waals surface area contributed by atoms with E-state index in [2.05, 4.69) is 10.6 Å². The number of hydrogen-bond donors (Lipinski definition) is 2. The molecule has 1 atom stereocenters. The van der Waals surface area contributed by atoms with Crippen molar-refractivity contribution < 1.29 is 14.3 Å². The van der Waals surface area contributed by atoms with E-state index in [-0.39, 0.29) is 23.9 Å². The van der Waals surface area contributed by atoms with Gasteiger partial charge in [-0.05, 0) is 37.1 Å². The van der Waals surface area contributed by atoms with Crippen molar-refractivity contribution in [1.29, 1.82) is 0 Å². The van der Waals surface area contributed by atoms with E-state index in [1.54, 1.807) is 43.1 Å². The second kappa shape index (κ2) is 7.90. The van der Waals surface area contributed by atoms with E-state index in [0.29, 0.717) is 18.7 Å². The highest BCUT2D eigenvalue weighted by Crippen LogP contribution is 2.17. The van der Waals surface area contributed by atoms with Gasteiger partial charge in [0.25, 0.3) is 5.91 Å². The number of hydrogen-bond acceptors (Lipinski definition) is 5. The lowest BCUT2D eigenvalue weighted by Gasteiger charge is -2.33. The fourth-order valence-electron chi connectivity index (χ4n) is 3.03. The third kappa shape index (κ3) is 4.02. The molecule has 2 aliphatic rings. The van der Waals surface area contributed by atoms with Crippen LogP contribution in [-0.4, -0.2) is 60.6 Å². The standard InChI is InChI=1S/C17H23N3O3S/c1-23-14-4-2-12(3-5-14)16(21)19-13-6-8-20(9-7-13)17(22)15-10-24-11-18-15/h2-5,13,15,18H,6-11H2,1H3,(H,19,21). The molecule has 3 rings (SSSR count). The second-order valence-electron chi connectivity index (χ2n) is 6.07. The number of piperidine rings is 1. The van der Waals surface area contributed by atoms with Crippen molar-refractivity contribution in [3.8, 4) is 5.75 Å². The Bertz CT molecular complexity index is 579. The van der Waals surface area contributed by atoms with Crippen molar-refractivity contribution in [2.45, 2.75) is 24.9 Å². The molecule has 1 unspecified atom stereocenters. The van der Waals surface area contributed by atoms with Crippen LogP contribution in [-0.2, 0) is 4.79 Å². The highest BCUT2D eigenvalue weighted by atomic mass is 32.2. The predicted molar refractivity (Wildman–Crippen MR) is 94.3 cm³/mol. The maximum Gasteiger partial charge on any atom is 0.251 e. The number of ether oxygens (including phenoxy) is 1. The molecule has 0 spiro atoms. The number of rotatable bonds is 4. The van der Waals surface area contributed by atoms with Crippen LogP contribution < -0.4 is 15.4 Å². The van der Waals surface area contributed by atoms with E-state index in [1.165, 1.54) is 0 Å². The molecule has 0 aliphatic carbocycles. The molecule has 130 valence electrons. The highest BCUT2D eigenvalue weighted by molar-refractivity contribution is 7.99. The molecule has 24 heavy (non-hydrogen) atoms. The van der Waals surface area contributed by atoms with Crippen LogP contribution in [0.5, 0.6) is 5.75 Å². The Morgan fingerprint density at radius 1 is 1.25 bits per heavy atom. The summed E-state index contributed by atoms with van der Waals surface area (Å²) >= 11 is 1.76. The zero-order chi connectivity index (χ0) is 16.9. The molecule has 2 aliphatic heterocycles. The Labute approximate surface area is 146 Å².